The molecule has 0 atom stereocenters. The van der Waals surface area contributed by atoms with E-state index >= 15 is 0 Å². The van der Waals surface area contributed by atoms with Crippen LogP contribution in [0.1, 0.15) is 48.3 Å². The normalized spacial score (nSPS) is 13.7. The molecule has 4 aromatic rings. The lowest BCUT2D eigenvalue weighted by molar-refractivity contribution is 0.0579. The Kier molecular flexibility index (Phi) is 11.7. The van der Waals surface area contributed by atoms with Gasteiger partial charge in [0.25, 0.3) is 16.0 Å². The molecule has 0 radical (unpaired) electrons. The van der Waals surface area contributed by atoms with Crippen molar-refractivity contribution in [3.05, 3.63) is 95.3 Å². The van der Waals surface area contributed by atoms with Gasteiger partial charge in [0.2, 0.25) is 5.88 Å². The Morgan fingerprint density at radius 2 is 1.63 bits per heavy atom. The zero-order chi connectivity index (χ0) is 35.9. The molecule has 1 aliphatic rings. The van der Waals surface area contributed by atoms with Crippen LogP contribution in [0.15, 0.2) is 66.9 Å². The number of rotatable bonds is 8. The van der Waals surface area contributed by atoms with Crippen molar-refractivity contribution < 1.29 is 40.5 Å². The number of urea groups is 1. The molecule has 0 saturated carbocycles. The second-order valence-electron chi connectivity index (χ2n) is 12.1. The second kappa shape index (κ2) is 15.5. The monoisotopic (exact) mass is 702 g/mol. The molecule has 3 N–H and O–H groups in total. The van der Waals surface area contributed by atoms with Gasteiger partial charge in [-0.1, -0.05) is 37.6 Å². The SMILES string of the molecule is CS(=O)(=O)O.Cc1ccc(-n2nc(C(C)(C)CF)cc2NC(=O)Nc2ccnc(OC3CCN(C(=O)c4c(F)cccc4F)CC3)c2)cc1. The van der Waals surface area contributed by atoms with Crippen molar-refractivity contribution in [2.45, 2.75) is 45.1 Å². The Bertz CT molecular complexity index is 1870. The third-order valence-electron chi connectivity index (χ3n) is 7.44. The van der Waals surface area contributed by atoms with Crippen LogP contribution in [0.3, 0.4) is 0 Å². The number of halogens is 3. The molecule has 49 heavy (non-hydrogen) atoms. The predicted molar refractivity (Wildman–Crippen MR) is 178 cm³/mol. The van der Waals surface area contributed by atoms with Crippen molar-refractivity contribution in [2.24, 2.45) is 0 Å². The Hall–Kier alpha value is -4.96. The van der Waals surface area contributed by atoms with Crippen molar-refractivity contribution in [3.63, 3.8) is 0 Å². The summed E-state index contributed by atoms with van der Waals surface area (Å²) in [5.74, 6) is -1.85. The molecule has 262 valence electrons. The molecule has 16 heteroatoms. The van der Waals surface area contributed by atoms with E-state index in [9.17, 15) is 31.2 Å². The predicted octanol–water partition coefficient (Wildman–Crippen LogP) is 5.93. The molecule has 2 aromatic heterocycles. The number of carbonyl (C=O) groups excluding carboxylic acids is 2. The minimum absolute atomic E-state index is 0.257. The van der Waals surface area contributed by atoms with Crippen LogP contribution in [0.5, 0.6) is 5.88 Å². The van der Waals surface area contributed by atoms with E-state index in [2.05, 4.69) is 20.7 Å². The lowest BCUT2D eigenvalue weighted by atomic mass is 9.91. The average Bonchev–Trinajstić information content (AvgIpc) is 3.45. The van der Waals surface area contributed by atoms with Crippen LogP contribution in [0, 0.1) is 18.6 Å². The summed E-state index contributed by atoms with van der Waals surface area (Å²) in [6, 6.07) is 15.2. The van der Waals surface area contributed by atoms with Gasteiger partial charge in [0.15, 0.2) is 0 Å². The average molecular weight is 703 g/mol. The number of aromatic nitrogens is 3. The summed E-state index contributed by atoms with van der Waals surface area (Å²) < 4.78 is 75.3. The van der Waals surface area contributed by atoms with Gasteiger partial charge in [-0.2, -0.15) is 13.5 Å². The fourth-order valence-electron chi connectivity index (χ4n) is 4.79. The molecule has 3 amide bonds. The quantitative estimate of drug-likeness (QED) is 0.191. The number of nitrogens with one attached hydrogen (secondary N) is 2. The maximum Gasteiger partial charge on any atom is 0.324 e. The number of piperidine rings is 1. The number of benzene rings is 2. The summed E-state index contributed by atoms with van der Waals surface area (Å²) in [6.45, 7) is 5.33. The Balaban J connectivity index is 0.00000101. The number of hydrogen-bond acceptors (Lipinski definition) is 7. The molecule has 12 nitrogen and oxygen atoms in total. The number of pyridine rings is 1. The smallest absolute Gasteiger partial charge is 0.324 e. The summed E-state index contributed by atoms with van der Waals surface area (Å²) in [5, 5.41) is 10.1. The topological polar surface area (TPSA) is 156 Å². The molecule has 3 heterocycles. The molecule has 1 aliphatic heterocycles. The highest BCUT2D eigenvalue weighted by Gasteiger charge is 2.29. The summed E-state index contributed by atoms with van der Waals surface area (Å²) in [7, 11) is -3.67. The van der Waals surface area contributed by atoms with Gasteiger partial charge in [0.05, 0.1) is 17.6 Å². The number of amides is 3. The zero-order valence-electron chi connectivity index (χ0n) is 27.3. The van der Waals surface area contributed by atoms with E-state index in [1.54, 1.807) is 36.7 Å². The lowest BCUT2D eigenvalue weighted by Gasteiger charge is -2.32. The molecule has 0 spiro atoms. The van der Waals surface area contributed by atoms with Crippen LogP contribution < -0.4 is 15.4 Å². The standard InChI is InChI=1S/C32H33F3N6O3.CH4O3S/c1-20-7-9-22(10-8-20)41-27(18-26(39-41)32(2,3)19-33)38-31(43)37-21-11-14-36-28(17-21)44-23-12-15-40(16-13-23)30(42)29-24(34)5-4-6-25(29)35;1-5(2,3)4/h4-11,14,17-18,23H,12-13,15-16,19H2,1-3H3,(H2,36,37,38,43);1H3,(H,2,3,4). The molecule has 0 bridgehead atoms. The Morgan fingerprint density at radius 1 is 1.02 bits per heavy atom. The summed E-state index contributed by atoms with van der Waals surface area (Å²) in [5.41, 5.74) is 1.26. The first-order valence-corrected chi connectivity index (χ1v) is 17.0. The van der Waals surface area contributed by atoms with Crippen LogP contribution in [-0.4, -0.2) is 76.7 Å². The molecule has 1 saturated heterocycles. The lowest BCUT2D eigenvalue weighted by Crippen LogP contribution is -2.42. The fourth-order valence-corrected chi connectivity index (χ4v) is 4.79. The molecule has 1 fully saturated rings. The molecule has 2 aromatic carbocycles. The van der Waals surface area contributed by atoms with E-state index in [4.69, 9.17) is 9.29 Å². The van der Waals surface area contributed by atoms with Gasteiger partial charge in [-0.3, -0.25) is 19.1 Å². The largest absolute Gasteiger partial charge is 0.474 e. The van der Waals surface area contributed by atoms with Crippen LogP contribution in [0.25, 0.3) is 5.69 Å². The van der Waals surface area contributed by atoms with Crippen LogP contribution in [0.2, 0.25) is 0 Å². The first-order valence-electron chi connectivity index (χ1n) is 15.1. The third-order valence-corrected chi connectivity index (χ3v) is 7.44. The van der Waals surface area contributed by atoms with Crippen molar-refractivity contribution in [3.8, 4) is 11.6 Å². The highest BCUT2D eigenvalue weighted by atomic mass is 32.2. The van der Waals surface area contributed by atoms with Crippen molar-refractivity contribution in [1.29, 1.82) is 0 Å². The number of aryl methyl sites for hydroxylation is 1. The minimum atomic E-state index is -3.67. The highest BCUT2D eigenvalue weighted by Crippen LogP contribution is 2.28. The summed E-state index contributed by atoms with van der Waals surface area (Å²) >= 11 is 0. The van der Waals surface area contributed by atoms with Gasteiger partial charge < -0.3 is 15.0 Å². The third kappa shape index (κ3) is 10.3. The van der Waals surface area contributed by atoms with E-state index < -0.39 is 51.3 Å². The number of hydrogen-bond donors (Lipinski definition) is 3. The molecular formula is C33H37F3N6O6S. The Morgan fingerprint density at radius 3 is 2.22 bits per heavy atom. The molecule has 5 rings (SSSR count). The first-order chi connectivity index (χ1) is 23.0. The van der Waals surface area contributed by atoms with Crippen molar-refractivity contribution in [2.75, 3.05) is 36.7 Å². The molecule has 0 aliphatic carbocycles. The number of alkyl halides is 1. The number of nitrogens with zero attached hydrogens (tertiary/aromatic N) is 4. The number of carbonyl (C=O) groups is 2. The van der Waals surface area contributed by atoms with Gasteiger partial charge in [-0.05, 0) is 37.3 Å². The van der Waals surface area contributed by atoms with Gasteiger partial charge in [0.1, 0.15) is 35.8 Å². The number of ether oxygens (including phenoxy) is 1. The van der Waals surface area contributed by atoms with Gasteiger partial charge in [-0.25, -0.2) is 23.2 Å². The number of likely N-dealkylation sites (tertiary alicyclic amines) is 1. The van der Waals surface area contributed by atoms with E-state index in [0.29, 0.717) is 42.0 Å². The second-order valence-corrected chi connectivity index (χ2v) is 13.5. The van der Waals surface area contributed by atoms with Crippen LogP contribution in [-0.2, 0) is 15.5 Å². The summed E-state index contributed by atoms with van der Waals surface area (Å²) in [6.07, 6.45) is 2.78. The summed E-state index contributed by atoms with van der Waals surface area (Å²) in [4.78, 5) is 31.3. The maximum absolute atomic E-state index is 14.1. The Labute approximate surface area is 282 Å². The highest BCUT2D eigenvalue weighted by molar-refractivity contribution is 7.85. The first kappa shape index (κ1) is 36.9. The van der Waals surface area contributed by atoms with Gasteiger partial charge in [0, 0.05) is 55.4 Å². The van der Waals surface area contributed by atoms with E-state index in [-0.39, 0.29) is 25.1 Å². The van der Waals surface area contributed by atoms with E-state index in [0.717, 1.165) is 17.7 Å². The molecular weight excluding hydrogens is 665 g/mol. The van der Waals surface area contributed by atoms with E-state index in [1.807, 2.05) is 31.2 Å². The van der Waals surface area contributed by atoms with E-state index in [1.165, 1.54) is 17.2 Å². The van der Waals surface area contributed by atoms with Crippen LogP contribution in [0.4, 0.5) is 29.5 Å². The van der Waals surface area contributed by atoms with Gasteiger partial charge >= 0.3 is 6.03 Å². The van der Waals surface area contributed by atoms with Gasteiger partial charge in [-0.15, -0.1) is 0 Å². The zero-order valence-corrected chi connectivity index (χ0v) is 28.1. The number of anilines is 2. The van der Waals surface area contributed by atoms with Crippen molar-refractivity contribution >= 4 is 33.6 Å². The van der Waals surface area contributed by atoms with Crippen LogP contribution >= 0.6 is 0 Å². The maximum atomic E-state index is 14.1. The fraction of sp³-hybridized carbons (Fsp3) is 0.333. The molecule has 0 unspecified atom stereocenters. The van der Waals surface area contributed by atoms with Crippen molar-refractivity contribution in [1.82, 2.24) is 19.7 Å². The minimum Gasteiger partial charge on any atom is -0.474 e.